The predicted molar refractivity (Wildman–Crippen MR) is 139 cm³/mol. The molecule has 0 saturated carbocycles. The second-order valence-corrected chi connectivity index (χ2v) is 11.0. The average Bonchev–Trinajstić information content (AvgIpc) is 2.79. The normalized spacial score (nSPS) is 16.2. The molecule has 5 heteroatoms. The molecule has 0 aromatic heterocycles. The molecular weight excluding hydrogens is 444 g/mol. The van der Waals surface area contributed by atoms with E-state index in [2.05, 4.69) is 13.8 Å². The molecule has 0 atom stereocenters. The molecule has 0 aliphatic heterocycles. The standard InChI is InChI=1S/C29H32O4S/c1-6-33-28(30)19-21(2)11-10-12-22(3)23-15-16-26-25(20-23)27(17-18-29(26,4)5)34(31,32)24-13-8-7-9-14-24/h7-17,19-20H,6,18H2,1-5H3/b11-10+,21-19+,22-12+. The highest BCUT2D eigenvalue weighted by Gasteiger charge is 2.33. The van der Waals surface area contributed by atoms with Crippen molar-refractivity contribution >= 4 is 26.3 Å². The van der Waals surface area contributed by atoms with E-state index in [1.165, 1.54) is 6.08 Å². The van der Waals surface area contributed by atoms with Gasteiger partial charge < -0.3 is 4.74 Å². The van der Waals surface area contributed by atoms with E-state index >= 15 is 0 Å². The molecule has 0 bridgehead atoms. The lowest BCUT2D eigenvalue weighted by atomic mass is 9.75. The number of allylic oxidation sites excluding steroid dienone is 6. The summed E-state index contributed by atoms with van der Waals surface area (Å²) in [6.45, 7) is 10.2. The summed E-state index contributed by atoms with van der Waals surface area (Å²) in [6, 6.07) is 14.6. The predicted octanol–water partition coefficient (Wildman–Crippen LogP) is 6.65. The second kappa shape index (κ2) is 10.4. The van der Waals surface area contributed by atoms with Crippen LogP contribution < -0.4 is 0 Å². The van der Waals surface area contributed by atoms with E-state index in [0.29, 0.717) is 22.8 Å². The molecule has 34 heavy (non-hydrogen) atoms. The molecule has 0 N–H and O–H groups in total. The van der Waals surface area contributed by atoms with Gasteiger partial charge in [0.15, 0.2) is 0 Å². The first-order valence-electron chi connectivity index (χ1n) is 11.4. The summed E-state index contributed by atoms with van der Waals surface area (Å²) in [5.41, 5.74) is 4.35. The molecule has 4 nitrogen and oxygen atoms in total. The number of rotatable bonds is 7. The largest absolute Gasteiger partial charge is 0.463 e. The van der Waals surface area contributed by atoms with Gasteiger partial charge in [-0.05, 0) is 78.6 Å². The Bertz CT molecular complexity index is 1290. The maximum atomic E-state index is 13.5. The fourth-order valence-electron chi connectivity index (χ4n) is 3.99. The summed E-state index contributed by atoms with van der Waals surface area (Å²) in [6.07, 6.45) is 9.64. The van der Waals surface area contributed by atoms with Crippen LogP contribution in [-0.4, -0.2) is 21.0 Å². The van der Waals surface area contributed by atoms with E-state index < -0.39 is 9.84 Å². The van der Waals surface area contributed by atoms with Crippen molar-refractivity contribution in [3.63, 3.8) is 0 Å². The summed E-state index contributed by atoms with van der Waals surface area (Å²) in [7, 11) is -3.64. The van der Waals surface area contributed by atoms with Crippen molar-refractivity contribution in [2.75, 3.05) is 6.61 Å². The summed E-state index contributed by atoms with van der Waals surface area (Å²) >= 11 is 0. The number of sulfone groups is 1. The maximum Gasteiger partial charge on any atom is 0.330 e. The van der Waals surface area contributed by atoms with Crippen molar-refractivity contribution in [1.29, 1.82) is 0 Å². The zero-order chi connectivity index (χ0) is 24.9. The number of carbonyl (C=O) groups excluding carboxylic acids is 1. The summed E-state index contributed by atoms with van der Waals surface area (Å²) in [4.78, 5) is 12.2. The van der Waals surface area contributed by atoms with E-state index in [0.717, 1.165) is 27.8 Å². The highest BCUT2D eigenvalue weighted by Crippen LogP contribution is 2.43. The van der Waals surface area contributed by atoms with E-state index in [4.69, 9.17) is 4.74 Å². The lowest BCUT2D eigenvalue weighted by Crippen LogP contribution is -2.23. The topological polar surface area (TPSA) is 60.4 Å². The Hall–Kier alpha value is -3.18. The van der Waals surface area contributed by atoms with Gasteiger partial charge in [0.25, 0.3) is 0 Å². The van der Waals surface area contributed by atoms with E-state index in [9.17, 15) is 13.2 Å². The number of fused-ring (bicyclic) bond motifs is 1. The van der Waals surface area contributed by atoms with E-state index in [1.54, 1.807) is 31.2 Å². The van der Waals surface area contributed by atoms with Gasteiger partial charge in [-0.3, -0.25) is 0 Å². The third kappa shape index (κ3) is 5.65. The highest BCUT2D eigenvalue weighted by atomic mass is 32.2. The monoisotopic (exact) mass is 476 g/mol. The van der Waals surface area contributed by atoms with Gasteiger partial charge in [0, 0.05) is 6.08 Å². The van der Waals surface area contributed by atoms with Crippen LogP contribution in [0.3, 0.4) is 0 Å². The molecule has 0 fully saturated rings. The molecule has 0 amide bonds. The average molecular weight is 477 g/mol. The van der Waals surface area contributed by atoms with Gasteiger partial charge in [-0.15, -0.1) is 0 Å². The zero-order valence-electron chi connectivity index (χ0n) is 20.5. The summed E-state index contributed by atoms with van der Waals surface area (Å²) in [5, 5.41) is 0. The Balaban J connectivity index is 1.98. The number of benzene rings is 2. The fraction of sp³-hybridized carbons (Fsp3) is 0.276. The summed E-state index contributed by atoms with van der Waals surface area (Å²) < 4.78 is 31.9. The molecule has 0 heterocycles. The quantitative estimate of drug-likeness (QED) is 0.255. The van der Waals surface area contributed by atoms with Crippen molar-refractivity contribution in [3.05, 3.63) is 101 Å². The Labute approximate surface area is 203 Å². The smallest absolute Gasteiger partial charge is 0.330 e. The Kier molecular flexibility index (Phi) is 7.78. The lowest BCUT2D eigenvalue weighted by Gasteiger charge is -2.32. The van der Waals surface area contributed by atoms with Crippen LogP contribution in [0.25, 0.3) is 10.5 Å². The molecular formula is C29H32O4S. The maximum absolute atomic E-state index is 13.5. The van der Waals surface area contributed by atoms with Crippen molar-refractivity contribution in [1.82, 2.24) is 0 Å². The van der Waals surface area contributed by atoms with Gasteiger partial charge in [0.1, 0.15) is 0 Å². The fourth-order valence-corrected chi connectivity index (χ4v) is 5.52. The molecule has 2 aromatic carbocycles. The third-order valence-electron chi connectivity index (χ3n) is 5.95. The number of esters is 1. The first-order chi connectivity index (χ1) is 16.1. The number of hydrogen-bond donors (Lipinski definition) is 0. The molecule has 0 spiro atoms. The number of ether oxygens (including phenoxy) is 1. The lowest BCUT2D eigenvalue weighted by molar-refractivity contribution is -0.137. The van der Waals surface area contributed by atoms with Crippen LogP contribution in [0, 0.1) is 0 Å². The molecule has 178 valence electrons. The minimum absolute atomic E-state index is 0.157. The van der Waals surface area contributed by atoms with E-state index in [-0.39, 0.29) is 11.4 Å². The summed E-state index contributed by atoms with van der Waals surface area (Å²) in [5.74, 6) is -0.360. The third-order valence-corrected chi connectivity index (χ3v) is 7.81. The van der Waals surface area contributed by atoms with E-state index in [1.807, 2.05) is 62.4 Å². The van der Waals surface area contributed by atoms with Crippen LogP contribution in [-0.2, 0) is 24.8 Å². The SMILES string of the molecule is CCOC(=O)/C=C(C)/C=C/C=C(\C)c1ccc2c(c1)C(S(=O)(=O)c1ccccc1)=CCC2(C)C. The molecule has 2 aromatic rings. The Morgan fingerprint density at radius 1 is 1.09 bits per heavy atom. The van der Waals surface area contributed by atoms with Gasteiger partial charge in [-0.25, -0.2) is 13.2 Å². The van der Waals surface area contributed by atoms with Crippen LogP contribution in [0.1, 0.15) is 57.7 Å². The van der Waals surface area contributed by atoms with Crippen LogP contribution in [0.15, 0.2) is 89.4 Å². The van der Waals surface area contributed by atoms with Gasteiger partial charge >= 0.3 is 5.97 Å². The van der Waals surface area contributed by atoms with Crippen LogP contribution in [0.5, 0.6) is 0 Å². The minimum Gasteiger partial charge on any atom is -0.463 e. The van der Waals surface area contributed by atoms with Crippen molar-refractivity contribution in [2.24, 2.45) is 0 Å². The van der Waals surface area contributed by atoms with Crippen LogP contribution >= 0.6 is 0 Å². The zero-order valence-corrected chi connectivity index (χ0v) is 21.3. The molecule has 3 rings (SSSR count). The number of carbonyl (C=O) groups is 1. The van der Waals surface area contributed by atoms with Crippen molar-refractivity contribution in [3.8, 4) is 0 Å². The molecule has 0 saturated heterocycles. The van der Waals surface area contributed by atoms with Gasteiger partial charge in [0.2, 0.25) is 9.84 Å². The molecule has 0 unspecified atom stereocenters. The molecule has 1 aliphatic carbocycles. The second-order valence-electron chi connectivity index (χ2n) is 9.08. The van der Waals surface area contributed by atoms with Crippen LogP contribution in [0.2, 0.25) is 0 Å². The van der Waals surface area contributed by atoms with Gasteiger partial charge in [-0.1, -0.05) is 68.5 Å². The van der Waals surface area contributed by atoms with Gasteiger partial charge in [0.05, 0.1) is 16.4 Å². The first-order valence-corrected chi connectivity index (χ1v) is 12.9. The van der Waals surface area contributed by atoms with Crippen molar-refractivity contribution in [2.45, 2.75) is 51.3 Å². The van der Waals surface area contributed by atoms with Gasteiger partial charge in [-0.2, -0.15) is 0 Å². The first kappa shape index (κ1) is 25.4. The Morgan fingerprint density at radius 2 is 1.79 bits per heavy atom. The number of hydrogen-bond acceptors (Lipinski definition) is 4. The Morgan fingerprint density at radius 3 is 2.47 bits per heavy atom. The molecule has 1 aliphatic rings. The van der Waals surface area contributed by atoms with Crippen molar-refractivity contribution < 1.29 is 17.9 Å². The van der Waals surface area contributed by atoms with Crippen LogP contribution in [0.4, 0.5) is 0 Å². The molecule has 0 radical (unpaired) electrons. The highest BCUT2D eigenvalue weighted by molar-refractivity contribution is 8.00. The minimum atomic E-state index is -3.64.